The Morgan fingerprint density at radius 2 is 2.13 bits per heavy atom. The molecule has 0 bridgehead atoms. The van der Waals surface area contributed by atoms with Crippen molar-refractivity contribution >= 4 is 17.1 Å². The number of phenolic OH excluding ortho intramolecular Hbond substituents is 1. The molecule has 2 rings (SSSR count). The Kier molecular flexibility index (Phi) is 2.41. The molecule has 0 radical (unpaired) electrons. The highest BCUT2D eigenvalue weighted by molar-refractivity contribution is 5.71. The van der Waals surface area contributed by atoms with Crippen LogP contribution in [0.5, 0.6) is 5.75 Å². The summed E-state index contributed by atoms with van der Waals surface area (Å²) in [4.78, 5) is 3.89. The van der Waals surface area contributed by atoms with Gasteiger partial charge < -0.3 is 16.2 Å². The van der Waals surface area contributed by atoms with Crippen LogP contribution < -0.4 is 11.1 Å². The van der Waals surface area contributed by atoms with Gasteiger partial charge in [0.25, 0.3) is 0 Å². The number of aromatic hydroxyl groups is 1. The zero-order valence-electron chi connectivity index (χ0n) is 8.01. The molecule has 0 aliphatic rings. The van der Waals surface area contributed by atoms with Gasteiger partial charge in [-0.2, -0.15) is 0 Å². The molecular weight excluding hydrogens is 190 g/mol. The van der Waals surface area contributed by atoms with Gasteiger partial charge >= 0.3 is 0 Å². The van der Waals surface area contributed by atoms with Crippen molar-refractivity contribution in [2.24, 2.45) is 0 Å². The van der Waals surface area contributed by atoms with E-state index in [4.69, 9.17) is 5.73 Å². The molecule has 0 amide bonds. The molecule has 2 aromatic rings. The number of nitrogens with zero attached hydrogens (tertiary/aromatic N) is 1. The van der Waals surface area contributed by atoms with Gasteiger partial charge in [-0.1, -0.05) is 6.07 Å². The number of hydrogen-bond donors (Lipinski definition) is 3. The van der Waals surface area contributed by atoms with E-state index in [0.29, 0.717) is 5.69 Å². The minimum Gasteiger partial charge on any atom is -0.508 e. The van der Waals surface area contributed by atoms with Crippen molar-refractivity contribution in [2.45, 2.75) is 0 Å². The molecule has 0 aliphatic carbocycles. The second-order valence-corrected chi connectivity index (χ2v) is 3.14. The third-order valence-corrected chi connectivity index (χ3v) is 1.98. The molecule has 0 unspecified atom stereocenters. The van der Waals surface area contributed by atoms with Gasteiger partial charge in [0.2, 0.25) is 0 Å². The standard InChI is InChI=1S/C11H11N3O/c12-10-7-13-5-4-11(10)14-8-2-1-3-9(15)6-8/h1-7,15H,12H2,(H,13,14). The first kappa shape index (κ1) is 9.33. The lowest BCUT2D eigenvalue weighted by Gasteiger charge is -2.08. The topological polar surface area (TPSA) is 71.2 Å². The SMILES string of the molecule is Nc1cnccc1Nc1cccc(O)c1. The van der Waals surface area contributed by atoms with E-state index in [2.05, 4.69) is 10.3 Å². The van der Waals surface area contributed by atoms with Crippen LogP contribution >= 0.6 is 0 Å². The van der Waals surface area contributed by atoms with Crippen LogP contribution in [0.25, 0.3) is 0 Å². The maximum absolute atomic E-state index is 9.28. The van der Waals surface area contributed by atoms with Gasteiger partial charge in [-0.25, -0.2) is 0 Å². The van der Waals surface area contributed by atoms with Crippen LogP contribution in [0.2, 0.25) is 0 Å². The average molecular weight is 201 g/mol. The van der Waals surface area contributed by atoms with E-state index >= 15 is 0 Å². The molecular formula is C11H11N3O. The van der Waals surface area contributed by atoms with E-state index in [9.17, 15) is 5.11 Å². The second-order valence-electron chi connectivity index (χ2n) is 3.14. The molecule has 0 fully saturated rings. The quantitative estimate of drug-likeness (QED) is 0.696. The Morgan fingerprint density at radius 1 is 1.27 bits per heavy atom. The zero-order chi connectivity index (χ0) is 10.7. The van der Waals surface area contributed by atoms with E-state index in [0.717, 1.165) is 11.4 Å². The minimum absolute atomic E-state index is 0.215. The molecule has 0 spiro atoms. The minimum atomic E-state index is 0.215. The van der Waals surface area contributed by atoms with Gasteiger partial charge in [-0.05, 0) is 18.2 Å². The Hall–Kier alpha value is -2.23. The molecule has 0 saturated carbocycles. The van der Waals surface area contributed by atoms with Crippen LogP contribution in [0.3, 0.4) is 0 Å². The van der Waals surface area contributed by atoms with Crippen LogP contribution in [-0.2, 0) is 0 Å². The lowest BCUT2D eigenvalue weighted by atomic mass is 10.2. The van der Waals surface area contributed by atoms with Crippen LogP contribution in [0, 0.1) is 0 Å². The number of nitrogen functional groups attached to an aromatic ring is 1. The van der Waals surface area contributed by atoms with Crippen LogP contribution in [-0.4, -0.2) is 10.1 Å². The summed E-state index contributed by atoms with van der Waals surface area (Å²) in [6.07, 6.45) is 3.23. The van der Waals surface area contributed by atoms with Crippen LogP contribution in [0.1, 0.15) is 0 Å². The smallest absolute Gasteiger partial charge is 0.117 e. The first-order chi connectivity index (χ1) is 7.25. The Bertz CT molecular complexity index is 471. The number of aromatic nitrogens is 1. The largest absolute Gasteiger partial charge is 0.508 e. The van der Waals surface area contributed by atoms with Gasteiger partial charge in [0.15, 0.2) is 0 Å². The van der Waals surface area contributed by atoms with E-state index in [1.165, 1.54) is 0 Å². The average Bonchev–Trinajstić information content (AvgIpc) is 2.22. The van der Waals surface area contributed by atoms with Gasteiger partial charge in [0.1, 0.15) is 5.75 Å². The lowest BCUT2D eigenvalue weighted by molar-refractivity contribution is 0.475. The Labute approximate surface area is 87.4 Å². The molecule has 1 aromatic heterocycles. The fourth-order valence-corrected chi connectivity index (χ4v) is 1.26. The molecule has 0 atom stereocenters. The number of nitrogens with two attached hydrogens (primary N) is 1. The fourth-order valence-electron chi connectivity index (χ4n) is 1.26. The molecule has 0 aliphatic heterocycles. The van der Waals surface area contributed by atoms with E-state index in [1.54, 1.807) is 36.7 Å². The summed E-state index contributed by atoms with van der Waals surface area (Å²) in [7, 11) is 0. The summed E-state index contributed by atoms with van der Waals surface area (Å²) < 4.78 is 0. The Balaban J connectivity index is 2.26. The molecule has 1 aromatic carbocycles. The highest BCUT2D eigenvalue weighted by atomic mass is 16.3. The first-order valence-corrected chi connectivity index (χ1v) is 4.51. The predicted molar refractivity (Wildman–Crippen MR) is 60.0 cm³/mol. The predicted octanol–water partition coefficient (Wildman–Crippen LogP) is 2.11. The second kappa shape index (κ2) is 3.88. The third-order valence-electron chi connectivity index (χ3n) is 1.98. The number of pyridine rings is 1. The van der Waals surface area contributed by atoms with Crippen molar-refractivity contribution in [1.82, 2.24) is 4.98 Å². The molecule has 4 N–H and O–H groups in total. The molecule has 4 heteroatoms. The third kappa shape index (κ3) is 2.17. The van der Waals surface area contributed by atoms with Crippen molar-refractivity contribution in [2.75, 3.05) is 11.1 Å². The highest BCUT2D eigenvalue weighted by Gasteiger charge is 1.99. The van der Waals surface area contributed by atoms with Gasteiger partial charge in [-0.3, -0.25) is 4.98 Å². The summed E-state index contributed by atoms with van der Waals surface area (Å²) >= 11 is 0. The number of nitrogens with one attached hydrogen (secondary N) is 1. The molecule has 15 heavy (non-hydrogen) atoms. The van der Waals surface area contributed by atoms with E-state index < -0.39 is 0 Å². The van der Waals surface area contributed by atoms with Crippen LogP contribution in [0.4, 0.5) is 17.1 Å². The molecule has 0 saturated heterocycles. The van der Waals surface area contributed by atoms with Crippen LogP contribution in [0.15, 0.2) is 42.7 Å². The summed E-state index contributed by atoms with van der Waals surface area (Å²) in [5.74, 6) is 0.215. The van der Waals surface area contributed by atoms with Crippen molar-refractivity contribution in [3.05, 3.63) is 42.7 Å². The summed E-state index contributed by atoms with van der Waals surface area (Å²) in [6, 6.07) is 8.62. The number of rotatable bonds is 2. The normalized spacial score (nSPS) is 9.87. The lowest BCUT2D eigenvalue weighted by Crippen LogP contribution is -1.96. The van der Waals surface area contributed by atoms with E-state index in [-0.39, 0.29) is 5.75 Å². The van der Waals surface area contributed by atoms with E-state index in [1.807, 2.05) is 6.07 Å². The van der Waals surface area contributed by atoms with Gasteiger partial charge in [0, 0.05) is 18.0 Å². The fraction of sp³-hybridized carbons (Fsp3) is 0. The van der Waals surface area contributed by atoms with Gasteiger partial charge in [-0.15, -0.1) is 0 Å². The summed E-state index contributed by atoms with van der Waals surface area (Å²) in [5, 5.41) is 12.4. The maximum Gasteiger partial charge on any atom is 0.117 e. The summed E-state index contributed by atoms with van der Waals surface area (Å²) in [6.45, 7) is 0. The maximum atomic E-state index is 9.28. The van der Waals surface area contributed by atoms with Gasteiger partial charge in [0.05, 0.1) is 17.6 Å². The molecule has 1 heterocycles. The number of benzene rings is 1. The van der Waals surface area contributed by atoms with Crippen molar-refractivity contribution in [3.8, 4) is 5.75 Å². The molecule has 4 nitrogen and oxygen atoms in total. The highest BCUT2D eigenvalue weighted by Crippen LogP contribution is 2.23. The van der Waals surface area contributed by atoms with Crippen molar-refractivity contribution in [1.29, 1.82) is 0 Å². The van der Waals surface area contributed by atoms with Crippen molar-refractivity contribution in [3.63, 3.8) is 0 Å². The Morgan fingerprint density at radius 3 is 2.87 bits per heavy atom. The summed E-state index contributed by atoms with van der Waals surface area (Å²) in [5.41, 5.74) is 7.85. The van der Waals surface area contributed by atoms with Crippen molar-refractivity contribution < 1.29 is 5.11 Å². The molecule has 76 valence electrons. The zero-order valence-corrected chi connectivity index (χ0v) is 8.01. The number of anilines is 3. The monoisotopic (exact) mass is 201 g/mol. The first-order valence-electron chi connectivity index (χ1n) is 4.51. The number of phenols is 1. The number of hydrogen-bond acceptors (Lipinski definition) is 4.